The minimum atomic E-state index is -1.33. The molecular formula is C12H19BrO5. The molecule has 2 aliphatic heterocycles. The summed E-state index contributed by atoms with van der Waals surface area (Å²) in [7, 11) is 0. The summed E-state index contributed by atoms with van der Waals surface area (Å²) in [5.41, 5.74) is -1.33. The number of aliphatic hydroxyl groups is 2. The Balaban J connectivity index is 2.25. The number of rotatable bonds is 4. The van der Waals surface area contributed by atoms with Crippen molar-refractivity contribution >= 4 is 15.9 Å². The Hall–Kier alpha value is 0.0200. The van der Waals surface area contributed by atoms with Gasteiger partial charge in [0.2, 0.25) is 0 Å². The average Bonchev–Trinajstić information content (AvgIpc) is 2.72. The first-order valence-electron chi connectivity index (χ1n) is 5.92. The van der Waals surface area contributed by atoms with Crippen molar-refractivity contribution in [3.8, 4) is 0 Å². The average molecular weight is 323 g/mol. The van der Waals surface area contributed by atoms with E-state index in [1.807, 2.05) is 0 Å². The first-order chi connectivity index (χ1) is 8.34. The van der Waals surface area contributed by atoms with Gasteiger partial charge in [-0.25, -0.2) is 0 Å². The van der Waals surface area contributed by atoms with Crippen LogP contribution in [-0.4, -0.2) is 51.5 Å². The highest BCUT2D eigenvalue weighted by Crippen LogP contribution is 2.45. The van der Waals surface area contributed by atoms with Crippen LogP contribution in [0.2, 0.25) is 0 Å². The maximum Gasteiger partial charge on any atom is 0.190 e. The monoisotopic (exact) mass is 322 g/mol. The summed E-state index contributed by atoms with van der Waals surface area (Å²) in [6.45, 7) is 7.16. The van der Waals surface area contributed by atoms with Gasteiger partial charge in [-0.2, -0.15) is 0 Å². The number of hydrogen-bond acceptors (Lipinski definition) is 5. The second-order valence-corrected chi connectivity index (χ2v) is 5.83. The second kappa shape index (κ2) is 4.85. The second-order valence-electron chi connectivity index (χ2n) is 5.19. The van der Waals surface area contributed by atoms with Crippen LogP contribution in [0.1, 0.15) is 20.3 Å². The first-order valence-corrected chi connectivity index (χ1v) is 7.04. The van der Waals surface area contributed by atoms with Gasteiger partial charge in [0.15, 0.2) is 12.1 Å². The van der Waals surface area contributed by atoms with E-state index in [2.05, 4.69) is 22.5 Å². The summed E-state index contributed by atoms with van der Waals surface area (Å²) >= 11 is 3.18. The summed E-state index contributed by atoms with van der Waals surface area (Å²) in [6.07, 6.45) is -1.03. The molecule has 0 spiro atoms. The number of halogens is 1. The Kier molecular flexibility index (Phi) is 3.89. The number of ether oxygens (including phenoxy) is 3. The standard InChI is InChI=1S/C12H19BrO5/c1-4-5-12(15)8(7(14)6-13)16-10-9(12)17-11(2,3)18-10/h4,7-10,14-15H,1,5-6H2,2-3H3/t7-,8-,9+,10-,12-/m1/s1. The minimum Gasteiger partial charge on any atom is -0.389 e. The maximum atomic E-state index is 10.8. The molecule has 2 rings (SSSR count). The van der Waals surface area contributed by atoms with Crippen LogP contribution < -0.4 is 0 Å². The largest absolute Gasteiger partial charge is 0.389 e. The van der Waals surface area contributed by atoms with Crippen LogP contribution in [0.5, 0.6) is 0 Å². The van der Waals surface area contributed by atoms with Gasteiger partial charge in [-0.1, -0.05) is 22.0 Å². The van der Waals surface area contributed by atoms with Crippen LogP contribution >= 0.6 is 15.9 Å². The molecule has 2 fully saturated rings. The molecule has 0 unspecified atom stereocenters. The Morgan fingerprint density at radius 2 is 2.11 bits per heavy atom. The van der Waals surface area contributed by atoms with Crippen LogP contribution in [-0.2, 0) is 14.2 Å². The molecule has 0 amide bonds. The third-order valence-electron chi connectivity index (χ3n) is 3.30. The fraction of sp³-hybridized carbons (Fsp3) is 0.833. The van der Waals surface area contributed by atoms with Crippen molar-refractivity contribution in [2.75, 3.05) is 5.33 Å². The maximum absolute atomic E-state index is 10.8. The molecule has 0 radical (unpaired) electrons. The van der Waals surface area contributed by atoms with E-state index in [1.165, 1.54) is 0 Å². The van der Waals surface area contributed by atoms with Crippen molar-refractivity contribution in [2.24, 2.45) is 0 Å². The lowest BCUT2D eigenvalue weighted by Crippen LogP contribution is -2.53. The Labute approximate surface area is 115 Å². The molecule has 0 aromatic rings. The van der Waals surface area contributed by atoms with Crippen molar-refractivity contribution in [2.45, 2.75) is 56.3 Å². The molecular weight excluding hydrogens is 304 g/mol. The van der Waals surface area contributed by atoms with Crippen LogP contribution in [0.4, 0.5) is 0 Å². The smallest absolute Gasteiger partial charge is 0.190 e. The van der Waals surface area contributed by atoms with Gasteiger partial charge in [-0.3, -0.25) is 0 Å². The molecule has 6 heteroatoms. The van der Waals surface area contributed by atoms with Crippen molar-refractivity contribution in [1.82, 2.24) is 0 Å². The Morgan fingerprint density at radius 1 is 1.44 bits per heavy atom. The van der Waals surface area contributed by atoms with E-state index in [0.29, 0.717) is 5.33 Å². The lowest BCUT2D eigenvalue weighted by Gasteiger charge is -2.34. The third-order valence-corrected chi connectivity index (χ3v) is 3.97. The number of fused-ring (bicyclic) bond motifs is 1. The van der Waals surface area contributed by atoms with Gasteiger partial charge in [0.05, 0.1) is 6.10 Å². The van der Waals surface area contributed by atoms with E-state index in [1.54, 1.807) is 19.9 Å². The van der Waals surface area contributed by atoms with Gasteiger partial charge < -0.3 is 24.4 Å². The zero-order valence-corrected chi connectivity index (χ0v) is 12.1. The molecule has 5 atom stereocenters. The SMILES string of the molecule is C=CC[C@@]1(O)[C@@H]([C@H](O)CBr)O[C@@H]2OC(C)(C)O[C@@H]21. The molecule has 2 saturated heterocycles. The van der Waals surface area contributed by atoms with Crippen molar-refractivity contribution < 1.29 is 24.4 Å². The van der Waals surface area contributed by atoms with Crippen molar-refractivity contribution in [3.63, 3.8) is 0 Å². The number of alkyl halides is 1. The van der Waals surface area contributed by atoms with Crippen LogP contribution in [0, 0.1) is 0 Å². The van der Waals surface area contributed by atoms with Gasteiger partial charge in [-0.05, 0) is 20.3 Å². The predicted octanol–water partition coefficient (Wildman–Crippen LogP) is 0.926. The van der Waals surface area contributed by atoms with Crippen LogP contribution in [0.15, 0.2) is 12.7 Å². The normalized spacial score (nSPS) is 43.7. The number of aliphatic hydroxyl groups excluding tert-OH is 1. The van der Waals surface area contributed by atoms with Gasteiger partial charge in [0.1, 0.15) is 17.8 Å². The van der Waals surface area contributed by atoms with Crippen molar-refractivity contribution in [1.29, 1.82) is 0 Å². The number of hydrogen-bond donors (Lipinski definition) is 2. The van der Waals surface area contributed by atoms with Gasteiger partial charge in [0, 0.05) is 5.33 Å². The fourth-order valence-electron chi connectivity index (χ4n) is 2.56. The van der Waals surface area contributed by atoms with E-state index in [4.69, 9.17) is 14.2 Å². The predicted molar refractivity (Wildman–Crippen MR) is 68.3 cm³/mol. The minimum absolute atomic E-state index is 0.266. The quantitative estimate of drug-likeness (QED) is 0.595. The van der Waals surface area contributed by atoms with Crippen LogP contribution in [0.3, 0.4) is 0 Å². The highest BCUT2D eigenvalue weighted by atomic mass is 79.9. The summed E-state index contributed by atoms with van der Waals surface area (Å²) < 4.78 is 16.9. The zero-order chi connectivity index (χ0) is 13.6. The lowest BCUT2D eigenvalue weighted by atomic mass is 9.86. The molecule has 0 aromatic carbocycles. The van der Waals surface area contributed by atoms with Gasteiger partial charge >= 0.3 is 0 Å². The van der Waals surface area contributed by atoms with E-state index in [9.17, 15) is 10.2 Å². The lowest BCUT2D eigenvalue weighted by molar-refractivity contribution is -0.239. The van der Waals surface area contributed by atoms with Crippen molar-refractivity contribution in [3.05, 3.63) is 12.7 Å². The molecule has 0 bridgehead atoms. The topological polar surface area (TPSA) is 68.2 Å². The summed E-state index contributed by atoms with van der Waals surface area (Å²) in [5, 5.41) is 21.0. The van der Waals surface area contributed by atoms with Crippen LogP contribution in [0.25, 0.3) is 0 Å². The summed E-state index contributed by atoms with van der Waals surface area (Å²) in [4.78, 5) is 0. The van der Waals surface area contributed by atoms with E-state index in [0.717, 1.165) is 0 Å². The molecule has 2 aliphatic rings. The molecule has 104 valence electrons. The Bertz CT molecular complexity index is 334. The first kappa shape index (κ1) is 14.4. The van der Waals surface area contributed by atoms with Gasteiger partial charge in [0.25, 0.3) is 0 Å². The van der Waals surface area contributed by atoms with Gasteiger partial charge in [-0.15, -0.1) is 6.58 Å². The molecule has 0 aromatic heterocycles. The summed E-state index contributed by atoms with van der Waals surface area (Å²) in [6, 6.07) is 0. The van der Waals surface area contributed by atoms with E-state index in [-0.39, 0.29) is 6.42 Å². The van der Waals surface area contributed by atoms with E-state index >= 15 is 0 Å². The summed E-state index contributed by atoms with van der Waals surface area (Å²) in [5.74, 6) is -0.797. The fourth-order valence-corrected chi connectivity index (χ4v) is 2.90. The third kappa shape index (κ3) is 2.26. The molecule has 2 N–H and O–H groups in total. The molecule has 0 saturated carbocycles. The molecule has 5 nitrogen and oxygen atoms in total. The zero-order valence-electron chi connectivity index (χ0n) is 10.5. The van der Waals surface area contributed by atoms with E-state index < -0.39 is 36.0 Å². The molecule has 0 aliphatic carbocycles. The Morgan fingerprint density at radius 3 is 2.67 bits per heavy atom. The highest BCUT2D eigenvalue weighted by Gasteiger charge is 2.63. The molecule has 2 heterocycles. The highest BCUT2D eigenvalue weighted by molar-refractivity contribution is 9.09. The molecule has 18 heavy (non-hydrogen) atoms.